The van der Waals surface area contributed by atoms with Crippen LogP contribution in [0.1, 0.15) is 61.6 Å². The fourth-order valence-electron chi connectivity index (χ4n) is 5.18. The van der Waals surface area contributed by atoms with Crippen LogP contribution in [-0.4, -0.2) is 47.8 Å². The zero-order valence-corrected chi connectivity index (χ0v) is 18.1. The molecule has 2 aliphatic rings. The van der Waals surface area contributed by atoms with Gasteiger partial charge in [-0.2, -0.15) is 0 Å². The Hall–Kier alpha value is -2.12. The van der Waals surface area contributed by atoms with Crippen molar-refractivity contribution in [1.29, 1.82) is 0 Å². The number of nitrogens with zero attached hydrogens (tertiary/aromatic N) is 1. The van der Waals surface area contributed by atoms with E-state index in [-0.39, 0.29) is 12.6 Å². The van der Waals surface area contributed by atoms with Gasteiger partial charge in [-0.1, -0.05) is 61.9 Å². The molecule has 0 amide bonds. The lowest BCUT2D eigenvalue weighted by Gasteiger charge is -2.55. The van der Waals surface area contributed by atoms with E-state index in [1.165, 1.54) is 31.2 Å². The molecule has 3 heteroatoms. The number of aliphatic hydroxyl groups is 1. The molecule has 2 fully saturated rings. The van der Waals surface area contributed by atoms with Crippen molar-refractivity contribution in [3.8, 4) is 11.8 Å². The van der Waals surface area contributed by atoms with E-state index in [0.717, 1.165) is 30.6 Å². The standard InChI is InChI=1S/C27H34N2O/c1-2-18-29-25(19-28-24-10-6-7-11-24)27(26(29)20-30)23-16-14-22(15-17-23)13-12-21-8-4-3-5-9-21/h3-5,8-9,14-17,24-28,30H,2,6-7,10-11,18-20H2,1H3/t25-,26+,27+/m0/s1. The quantitative estimate of drug-likeness (QED) is 0.683. The molecule has 30 heavy (non-hydrogen) atoms. The minimum absolute atomic E-state index is 0.222. The molecule has 0 radical (unpaired) electrons. The highest BCUT2D eigenvalue weighted by Gasteiger charge is 2.47. The third-order valence-electron chi connectivity index (χ3n) is 6.74. The van der Waals surface area contributed by atoms with E-state index in [1.54, 1.807) is 0 Å². The Kier molecular flexibility index (Phi) is 7.23. The van der Waals surface area contributed by atoms with Crippen LogP contribution in [0.4, 0.5) is 0 Å². The van der Waals surface area contributed by atoms with Crippen molar-refractivity contribution in [3.63, 3.8) is 0 Å². The minimum atomic E-state index is 0.222. The summed E-state index contributed by atoms with van der Waals surface area (Å²) in [5.74, 6) is 6.88. The van der Waals surface area contributed by atoms with Crippen molar-refractivity contribution in [2.75, 3.05) is 19.7 Å². The first-order valence-corrected chi connectivity index (χ1v) is 11.6. The van der Waals surface area contributed by atoms with Gasteiger partial charge in [0.25, 0.3) is 0 Å². The van der Waals surface area contributed by atoms with Gasteiger partial charge in [0.1, 0.15) is 0 Å². The van der Waals surface area contributed by atoms with Crippen LogP contribution in [0.5, 0.6) is 0 Å². The molecule has 0 aromatic heterocycles. The predicted molar refractivity (Wildman–Crippen MR) is 124 cm³/mol. The molecule has 1 heterocycles. The average Bonchev–Trinajstić information content (AvgIpc) is 3.30. The van der Waals surface area contributed by atoms with Crippen molar-refractivity contribution in [2.45, 2.75) is 63.1 Å². The van der Waals surface area contributed by atoms with Crippen molar-refractivity contribution >= 4 is 0 Å². The molecule has 3 atom stereocenters. The highest BCUT2D eigenvalue weighted by Crippen LogP contribution is 2.40. The molecule has 2 aromatic rings. The molecule has 0 bridgehead atoms. The number of aliphatic hydroxyl groups excluding tert-OH is 1. The van der Waals surface area contributed by atoms with Crippen LogP contribution in [0.2, 0.25) is 0 Å². The summed E-state index contributed by atoms with van der Waals surface area (Å²) < 4.78 is 0. The fraction of sp³-hybridized carbons (Fsp3) is 0.481. The fourth-order valence-corrected chi connectivity index (χ4v) is 5.18. The number of nitrogens with one attached hydrogen (secondary N) is 1. The third kappa shape index (κ3) is 4.78. The zero-order valence-electron chi connectivity index (χ0n) is 18.1. The Morgan fingerprint density at radius 1 is 0.933 bits per heavy atom. The van der Waals surface area contributed by atoms with Gasteiger partial charge < -0.3 is 10.4 Å². The number of benzene rings is 2. The van der Waals surface area contributed by atoms with E-state index < -0.39 is 0 Å². The zero-order chi connectivity index (χ0) is 20.8. The molecular formula is C27H34N2O. The van der Waals surface area contributed by atoms with Crippen LogP contribution in [-0.2, 0) is 0 Å². The van der Waals surface area contributed by atoms with Gasteiger partial charge in [-0.05, 0) is 55.6 Å². The Morgan fingerprint density at radius 2 is 1.60 bits per heavy atom. The maximum atomic E-state index is 10.1. The second-order valence-corrected chi connectivity index (χ2v) is 8.71. The van der Waals surface area contributed by atoms with E-state index in [2.05, 4.69) is 53.2 Å². The summed E-state index contributed by atoms with van der Waals surface area (Å²) in [4.78, 5) is 2.51. The van der Waals surface area contributed by atoms with Gasteiger partial charge in [0, 0.05) is 41.7 Å². The van der Waals surface area contributed by atoms with Crippen LogP contribution in [0.25, 0.3) is 0 Å². The maximum absolute atomic E-state index is 10.1. The van der Waals surface area contributed by atoms with Gasteiger partial charge >= 0.3 is 0 Å². The van der Waals surface area contributed by atoms with Crippen LogP contribution < -0.4 is 5.32 Å². The first-order valence-electron chi connectivity index (χ1n) is 11.6. The van der Waals surface area contributed by atoms with Crippen LogP contribution in [0, 0.1) is 11.8 Å². The lowest BCUT2D eigenvalue weighted by molar-refractivity contribution is -0.0429. The summed E-state index contributed by atoms with van der Waals surface area (Å²) in [6, 6.07) is 20.2. The largest absolute Gasteiger partial charge is 0.395 e. The maximum Gasteiger partial charge on any atom is 0.0593 e. The first-order chi connectivity index (χ1) is 14.8. The Labute approximate surface area is 181 Å². The second kappa shape index (κ2) is 10.3. The van der Waals surface area contributed by atoms with Crippen LogP contribution in [0.15, 0.2) is 54.6 Å². The molecule has 158 valence electrons. The molecule has 2 aromatic carbocycles. The molecular weight excluding hydrogens is 368 g/mol. The first kappa shape index (κ1) is 21.1. The van der Waals surface area contributed by atoms with Gasteiger partial charge in [-0.25, -0.2) is 0 Å². The summed E-state index contributed by atoms with van der Waals surface area (Å²) in [6.07, 6.45) is 6.45. The molecule has 0 unspecified atom stereocenters. The van der Waals surface area contributed by atoms with Gasteiger partial charge in [0.2, 0.25) is 0 Å². The molecule has 4 rings (SSSR count). The number of hydrogen-bond acceptors (Lipinski definition) is 3. The van der Waals surface area contributed by atoms with Gasteiger partial charge in [0.05, 0.1) is 6.61 Å². The lowest BCUT2D eigenvalue weighted by atomic mass is 9.74. The molecule has 2 N–H and O–H groups in total. The summed E-state index contributed by atoms with van der Waals surface area (Å²) in [6.45, 7) is 4.52. The van der Waals surface area contributed by atoms with Crippen molar-refractivity contribution < 1.29 is 5.11 Å². The molecule has 3 nitrogen and oxygen atoms in total. The summed E-state index contributed by atoms with van der Waals surface area (Å²) >= 11 is 0. The van der Waals surface area contributed by atoms with Crippen molar-refractivity contribution in [2.24, 2.45) is 0 Å². The van der Waals surface area contributed by atoms with Crippen LogP contribution >= 0.6 is 0 Å². The van der Waals surface area contributed by atoms with Crippen molar-refractivity contribution in [3.05, 3.63) is 71.3 Å². The van der Waals surface area contributed by atoms with Gasteiger partial charge in [-0.3, -0.25) is 4.90 Å². The SMILES string of the molecule is CCCN1[C@H](CO)[C@H](c2ccc(C#Cc3ccccc3)cc2)[C@@H]1CNC1CCCC1. The van der Waals surface area contributed by atoms with E-state index in [0.29, 0.717) is 18.0 Å². The Balaban J connectivity index is 1.47. The van der Waals surface area contributed by atoms with Gasteiger partial charge in [0.15, 0.2) is 0 Å². The highest BCUT2D eigenvalue weighted by molar-refractivity contribution is 5.44. The van der Waals surface area contributed by atoms with E-state index in [1.807, 2.05) is 30.3 Å². The van der Waals surface area contributed by atoms with E-state index in [9.17, 15) is 5.11 Å². The lowest BCUT2D eigenvalue weighted by Crippen LogP contribution is -2.67. The number of likely N-dealkylation sites (tertiary alicyclic amines) is 1. The highest BCUT2D eigenvalue weighted by atomic mass is 16.3. The number of rotatable bonds is 7. The molecule has 1 aliphatic carbocycles. The van der Waals surface area contributed by atoms with Crippen LogP contribution in [0.3, 0.4) is 0 Å². The number of hydrogen-bond donors (Lipinski definition) is 2. The normalized spacial score (nSPS) is 24.3. The average molecular weight is 403 g/mol. The smallest absolute Gasteiger partial charge is 0.0593 e. The predicted octanol–water partition coefficient (Wildman–Crippen LogP) is 4.16. The molecule has 0 spiro atoms. The molecule has 1 saturated carbocycles. The Morgan fingerprint density at radius 3 is 2.23 bits per heavy atom. The third-order valence-corrected chi connectivity index (χ3v) is 6.74. The summed E-state index contributed by atoms with van der Waals surface area (Å²) in [7, 11) is 0. The summed E-state index contributed by atoms with van der Waals surface area (Å²) in [5.41, 5.74) is 3.40. The van der Waals surface area contributed by atoms with E-state index in [4.69, 9.17) is 0 Å². The minimum Gasteiger partial charge on any atom is -0.395 e. The van der Waals surface area contributed by atoms with E-state index >= 15 is 0 Å². The summed E-state index contributed by atoms with van der Waals surface area (Å²) in [5, 5.41) is 13.9. The molecule has 1 aliphatic heterocycles. The Bertz CT molecular complexity index is 846. The van der Waals surface area contributed by atoms with Crippen molar-refractivity contribution in [1.82, 2.24) is 10.2 Å². The monoisotopic (exact) mass is 402 g/mol. The topological polar surface area (TPSA) is 35.5 Å². The van der Waals surface area contributed by atoms with Gasteiger partial charge in [-0.15, -0.1) is 0 Å². The molecule has 1 saturated heterocycles. The second-order valence-electron chi connectivity index (χ2n) is 8.71.